The second kappa shape index (κ2) is 3.61. The summed E-state index contributed by atoms with van der Waals surface area (Å²) < 4.78 is 6.98. The van der Waals surface area contributed by atoms with E-state index in [9.17, 15) is 0 Å². The smallest absolute Gasteiger partial charge is 0.143 e. The van der Waals surface area contributed by atoms with E-state index < -0.39 is 0 Å². The Morgan fingerprint density at radius 3 is 2.53 bits per heavy atom. The third-order valence-corrected chi connectivity index (χ3v) is 2.25. The maximum absolute atomic E-state index is 5.79. The number of aromatic nitrogens is 3. The van der Waals surface area contributed by atoms with Gasteiger partial charge in [-0.15, -0.1) is 10.2 Å². The largest absolute Gasteiger partial charge is 0.495 e. The van der Waals surface area contributed by atoms with Crippen LogP contribution in [0.3, 0.4) is 0 Å². The van der Waals surface area contributed by atoms with Crippen molar-refractivity contribution >= 4 is 5.69 Å². The van der Waals surface area contributed by atoms with E-state index in [-0.39, 0.29) is 0 Å². The topological polar surface area (TPSA) is 66.0 Å². The van der Waals surface area contributed by atoms with Gasteiger partial charge in [-0.1, -0.05) is 0 Å². The highest BCUT2D eigenvalue weighted by atomic mass is 16.5. The molecule has 15 heavy (non-hydrogen) atoms. The Morgan fingerprint density at radius 2 is 1.93 bits per heavy atom. The van der Waals surface area contributed by atoms with Crippen LogP contribution in [0.2, 0.25) is 0 Å². The van der Waals surface area contributed by atoms with Gasteiger partial charge in [0.25, 0.3) is 0 Å². The Hall–Kier alpha value is -2.04. The van der Waals surface area contributed by atoms with Crippen LogP contribution >= 0.6 is 0 Å². The van der Waals surface area contributed by atoms with E-state index in [2.05, 4.69) is 10.2 Å². The third kappa shape index (κ3) is 1.63. The Balaban J connectivity index is 2.57. The molecule has 0 aliphatic heterocycles. The molecule has 0 bridgehead atoms. The van der Waals surface area contributed by atoms with Crippen molar-refractivity contribution in [3.8, 4) is 11.4 Å². The number of anilines is 1. The zero-order chi connectivity index (χ0) is 10.8. The molecule has 0 radical (unpaired) electrons. The first-order valence-corrected chi connectivity index (χ1v) is 4.51. The highest BCUT2D eigenvalue weighted by molar-refractivity contribution is 5.61. The Morgan fingerprint density at radius 1 is 1.27 bits per heavy atom. The van der Waals surface area contributed by atoms with Gasteiger partial charge in [0.2, 0.25) is 0 Å². The third-order valence-electron chi connectivity index (χ3n) is 2.25. The van der Waals surface area contributed by atoms with Gasteiger partial charge < -0.3 is 10.5 Å². The number of methoxy groups -OCH3 is 1. The molecule has 1 aromatic carbocycles. The molecule has 0 saturated carbocycles. The van der Waals surface area contributed by atoms with Crippen molar-refractivity contribution in [1.82, 2.24) is 14.8 Å². The van der Waals surface area contributed by atoms with Gasteiger partial charge in [-0.25, -0.2) is 0 Å². The van der Waals surface area contributed by atoms with Crippen molar-refractivity contribution in [1.29, 1.82) is 0 Å². The molecule has 0 aliphatic carbocycles. The summed E-state index contributed by atoms with van der Waals surface area (Å²) in [4.78, 5) is 0. The number of nitrogens with two attached hydrogens (primary N) is 1. The molecule has 0 atom stereocenters. The highest BCUT2D eigenvalue weighted by Crippen LogP contribution is 2.27. The summed E-state index contributed by atoms with van der Waals surface area (Å²) in [5.74, 6) is 0.657. The van der Waals surface area contributed by atoms with Crippen molar-refractivity contribution in [3.63, 3.8) is 0 Å². The molecule has 2 aromatic rings. The van der Waals surface area contributed by atoms with Crippen molar-refractivity contribution in [2.75, 3.05) is 12.8 Å². The predicted molar refractivity (Wildman–Crippen MR) is 57.1 cm³/mol. The molecule has 0 unspecified atom stereocenters. The number of nitrogen functional groups attached to an aromatic ring is 1. The fraction of sp³-hybridized carbons (Fsp3) is 0.200. The molecule has 2 rings (SSSR count). The van der Waals surface area contributed by atoms with E-state index in [0.29, 0.717) is 11.4 Å². The molecule has 1 aromatic heterocycles. The summed E-state index contributed by atoms with van der Waals surface area (Å²) in [6.45, 7) is 1.98. The molecular formula is C10H12N4O. The molecular weight excluding hydrogens is 192 g/mol. The Kier molecular flexibility index (Phi) is 2.29. The molecule has 0 saturated heterocycles. The molecule has 0 aliphatic rings. The first-order chi connectivity index (χ1) is 7.22. The summed E-state index contributed by atoms with van der Waals surface area (Å²) in [7, 11) is 1.59. The van der Waals surface area contributed by atoms with E-state index in [1.54, 1.807) is 19.8 Å². The summed E-state index contributed by atoms with van der Waals surface area (Å²) in [6, 6.07) is 3.74. The van der Waals surface area contributed by atoms with Gasteiger partial charge in [-0.05, 0) is 18.6 Å². The van der Waals surface area contributed by atoms with E-state index in [1.165, 1.54) is 0 Å². The van der Waals surface area contributed by atoms with Crippen molar-refractivity contribution in [2.45, 2.75) is 6.92 Å². The van der Waals surface area contributed by atoms with Gasteiger partial charge in [0.1, 0.15) is 18.4 Å². The van der Waals surface area contributed by atoms with E-state index in [1.807, 2.05) is 23.6 Å². The molecule has 1 heterocycles. The zero-order valence-electron chi connectivity index (χ0n) is 8.64. The zero-order valence-corrected chi connectivity index (χ0v) is 8.64. The Labute approximate surface area is 87.5 Å². The number of aryl methyl sites for hydroxylation is 1. The first-order valence-electron chi connectivity index (χ1n) is 4.51. The number of ether oxygens (including phenoxy) is 1. The van der Waals surface area contributed by atoms with Crippen LogP contribution in [0.4, 0.5) is 5.69 Å². The van der Waals surface area contributed by atoms with E-state index >= 15 is 0 Å². The lowest BCUT2D eigenvalue weighted by atomic mass is 10.1. The number of hydrogen-bond donors (Lipinski definition) is 1. The maximum atomic E-state index is 5.79. The molecule has 5 heteroatoms. The van der Waals surface area contributed by atoms with Crippen molar-refractivity contribution in [2.24, 2.45) is 0 Å². The van der Waals surface area contributed by atoms with Crippen LogP contribution in [0.1, 0.15) is 5.56 Å². The summed E-state index contributed by atoms with van der Waals surface area (Å²) in [6.07, 6.45) is 3.27. The van der Waals surface area contributed by atoms with Crippen LogP contribution in [-0.2, 0) is 0 Å². The maximum Gasteiger partial charge on any atom is 0.143 e. The first kappa shape index (κ1) is 9.51. The molecule has 0 spiro atoms. The molecule has 78 valence electrons. The highest BCUT2D eigenvalue weighted by Gasteiger charge is 2.06. The standard InChI is InChI=1S/C10H12N4O/c1-7-3-8(11)10(15-2)4-9(7)14-5-12-13-6-14/h3-6H,11H2,1-2H3. The quantitative estimate of drug-likeness (QED) is 0.745. The summed E-state index contributed by atoms with van der Waals surface area (Å²) >= 11 is 0. The summed E-state index contributed by atoms with van der Waals surface area (Å²) in [5, 5.41) is 7.52. The normalized spacial score (nSPS) is 10.3. The number of nitrogens with zero attached hydrogens (tertiary/aromatic N) is 3. The van der Waals surface area contributed by atoms with Crippen LogP contribution in [0, 0.1) is 6.92 Å². The van der Waals surface area contributed by atoms with Crippen LogP contribution in [0.5, 0.6) is 5.75 Å². The minimum atomic E-state index is 0.631. The molecule has 5 nitrogen and oxygen atoms in total. The van der Waals surface area contributed by atoms with Gasteiger partial charge in [0.05, 0.1) is 18.5 Å². The average molecular weight is 204 g/mol. The van der Waals surface area contributed by atoms with Gasteiger partial charge in [-0.2, -0.15) is 0 Å². The lowest BCUT2D eigenvalue weighted by Gasteiger charge is -2.10. The average Bonchev–Trinajstić information content (AvgIpc) is 2.71. The fourth-order valence-electron chi connectivity index (χ4n) is 1.48. The predicted octanol–water partition coefficient (Wildman–Crippen LogP) is 1.17. The molecule has 0 fully saturated rings. The van der Waals surface area contributed by atoms with E-state index in [4.69, 9.17) is 10.5 Å². The minimum absolute atomic E-state index is 0.631. The van der Waals surface area contributed by atoms with Crippen LogP contribution in [0.25, 0.3) is 5.69 Å². The van der Waals surface area contributed by atoms with Crippen LogP contribution in [-0.4, -0.2) is 21.9 Å². The lowest BCUT2D eigenvalue weighted by Crippen LogP contribution is -1.99. The van der Waals surface area contributed by atoms with Crippen molar-refractivity contribution in [3.05, 3.63) is 30.4 Å². The number of benzene rings is 1. The Bertz CT molecular complexity index is 465. The summed E-state index contributed by atoms with van der Waals surface area (Å²) in [5.41, 5.74) is 8.43. The fourth-order valence-corrected chi connectivity index (χ4v) is 1.48. The van der Waals surface area contributed by atoms with Crippen LogP contribution in [0.15, 0.2) is 24.8 Å². The number of rotatable bonds is 2. The van der Waals surface area contributed by atoms with Crippen molar-refractivity contribution < 1.29 is 4.74 Å². The molecule has 2 N–H and O–H groups in total. The van der Waals surface area contributed by atoms with Gasteiger partial charge in [-0.3, -0.25) is 4.57 Å². The lowest BCUT2D eigenvalue weighted by molar-refractivity contribution is 0.416. The number of hydrogen-bond acceptors (Lipinski definition) is 4. The van der Waals surface area contributed by atoms with Gasteiger partial charge in [0, 0.05) is 6.07 Å². The minimum Gasteiger partial charge on any atom is -0.495 e. The molecule has 0 amide bonds. The van der Waals surface area contributed by atoms with Gasteiger partial charge in [0.15, 0.2) is 0 Å². The SMILES string of the molecule is COc1cc(-n2cnnc2)c(C)cc1N. The second-order valence-corrected chi connectivity index (χ2v) is 3.25. The van der Waals surface area contributed by atoms with Gasteiger partial charge >= 0.3 is 0 Å². The monoisotopic (exact) mass is 204 g/mol. The second-order valence-electron chi connectivity index (χ2n) is 3.25. The van der Waals surface area contributed by atoms with E-state index in [0.717, 1.165) is 11.3 Å². The van der Waals surface area contributed by atoms with Crippen LogP contribution < -0.4 is 10.5 Å².